The number of carbonyl (C=O) groups is 1. The fourth-order valence-electron chi connectivity index (χ4n) is 1.40. The Morgan fingerprint density at radius 2 is 2.35 bits per heavy atom. The zero-order valence-corrected chi connectivity index (χ0v) is 11.0. The van der Waals surface area contributed by atoms with Crippen molar-refractivity contribution in [3.8, 4) is 11.8 Å². The number of aliphatic hydroxyl groups excluding tert-OH is 1. The van der Waals surface area contributed by atoms with Crippen molar-refractivity contribution in [3.63, 3.8) is 0 Å². The van der Waals surface area contributed by atoms with Gasteiger partial charge < -0.3 is 10.0 Å². The second kappa shape index (κ2) is 7.10. The number of amides is 1. The highest BCUT2D eigenvalue weighted by molar-refractivity contribution is 7.10. The Morgan fingerprint density at radius 1 is 1.59 bits per heavy atom. The van der Waals surface area contributed by atoms with Crippen LogP contribution in [0.25, 0.3) is 0 Å². The highest BCUT2D eigenvalue weighted by Crippen LogP contribution is 2.16. The lowest BCUT2D eigenvalue weighted by molar-refractivity contribution is -0.130. The molecule has 1 N–H and O–H groups in total. The summed E-state index contributed by atoms with van der Waals surface area (Å²) in [5.74, 6) is 5.63. The SMILES string of the molecule is CCCC(=O)N(C)Cc1cc(C#CCO)cs1. The lowest BCUT2D eigenvalue weighted by Gasteiger charge is -2.15. The lowest BCUT2D eigenvalue weighted by atomic mass is 10.3. The van der Waals surface area contributed by atoms with Gasteiger partial charge in [0.15, 0.2) is 0 Å². The Labute approximate surface area is 106 Å². The number of hydrogen-bond donors (Lipinski definition) is 1. The van der Waals surface area contributed by atoms with E-state index >= 15 is 0 Å². The summed E-state index contributed by atoms with van der Waals surface area (Å²) in [6.07, 6.45) is 1.47. The first-order chi connectivity index (χ1) is 8.17. The first kappa shape index (κ1) is 13.8. The van der Waals surface area contributed by atoms with Crippen LogP contribution >= 0.6 is 11.3 Å². The molecule has 0 radical (unpaired) electrons. The zero-order chi connectivity index (χ0) is 12.7. The Balaban J connectivity index is 2.57. The van der Waals surface area contributed by atoms with Gasteiger partial charge in [-0.1, -0.05) is 18.8 Å². The molecule has 0 atom stereocenters. The minimum absolute atomic E-state index is 0.125. The maximum Gasteiger partial charge on any atom is 0.222 e. The number of thiophene rings is 1. The number of rotatable bonds is 4. The Kier molecular flexibility index (Phi) is 5.75. The summed E-state index contributed by atoms with van der Waals surface area (Å²) in [7, 11) is 1.82. The molecule has 1 aromatic rings. The van der Waals surface area contributed by atoms with Gasteiger partial charge >= 0.3 is 0 Å². The van der Waals surface area contributed by atoms with Gasteiger partial charge in [0.25, 0.3) is 0 Å². The summed E-state index contributed by atoms with van der Waals surface area (Å²) < 4.78 is 0. The predicted molar refractivity (Wildman–Crippen MR) is 69.7 cm³/mol. The third-order valence-electron chi connectivity index (χ3n) is 2.25. The molecule has 1 rings (SSSR count). The van der Waals surface area contributed by atoms with Gasteiger partial charge in [0.05, 0.1) is 6.54 Å². The monoisotopic (exact) mass is 251 g/mol. The summed E-state index contributed by atoms with van der Waals surface area (Å²) in [4.78, 5) is 14.4. The van der Waals surface area contributed by atoms with E-state index in [0.29, 0.717) is 13.0 Å². The van der Waals surface area contributed by atoms with Crippen molar-refractivity contribution >= 4 is 17.2 Å². The Morgan fingerprint density at radius 3 is 3.00 bits per heavy atom. The van der Waals surface area contributed by atoms with Crippen LogP contribution in [-0.2, 0) is 11.3 Å². The molecule has 1 heterocycles. The summed E-state index contributed by atoms with van der Waals surface area (Å²) in [5, 5.41) is 10.5. The van der Waals surface area contributed by atoms with E-state index in [4.69, 9.17) is 5.11 Å². The smallest absolute Gasteiger partial charge is 0.222 e. The number of aliphatic hydroxyl groups is 1. The second-order valence-electron chi connectivity index (χ2n) is 3.76. The average Bonchev–Trinajstić information content (AvgIpc) is 2.74. The number of carbonyl (C=O) groups excluding carboxylic acids is 1. The van der Waals surface area contributed by atoms with E-state index in [2.05, 4.69) is 11.8 Å². The molecule has 92 valence electrons. The standard InChI is InChI=1S/C13H17NO2S/c1-3-5-13(16)14(2)9-12-8-11(10-17-12)6-4-7-15/h8,10,15H,3,5,7,9H2,1-2H3. The van der Waals surface area contributed by atoms with Crippen LogP contribution in [0.2, 0.25) is 0 Å². The molecule has 17 heavy (non-hydrogen) atoms. The highest BCUT2D eigenvalue weighted by atomic mass is 32.1. The maximum absolute atomic E-state index is 11.6. The fourth-order valence-corrected chi connectivity index (χ4v) is 2.27. The van der Waals surface area contributed by atoms with Crippen LogP contribution in [-0.4, -0.2) is 29.6 Å². The maximum atomic E-state index is 11.6. The number of nitrogens with zero attached hydrogens (tertiary/aromatic N) is 1. The van der Waals surface area contributed by atoms with Crippen molar-refractivity contribution in [1.29, 1.82) is 0 Å². The van der Waals surface area contributed by atoms with Crippen molar-refractivity contribution in [3.05, 3.63) is 21.9 Å². The Bertz CT molecular complexity index is 428. The van der Waals surface area contributed by atoms with Crippen LogP contribution in [0.1, 0.15) is 30.2 Å². The van der Waals surface area contributed by atoms with Gasteiger partial charge in [-0.2, -0.15) is 0 Å². The van der Waals surface area contributed by atoms with Crippen LogP contribution in [0.15, 0.2) is 11.4 Å². The van der Waals surface area contributed by atoms with E-state index in [1.165, 1.54) is 0 Å². The van der Waals surface area contributed by atoms with Crippen molar-refractivity contribution < 1.29 is 9.90 Å². The molecular weight excluding hydrogens is 234 g/mol. The lowest BCUT2D eigenvalue weighted by Crippen LogP contribution is -2.25. The molecule has 0 aliphatic carbocycles. The predicted octanol–water partition coefficient (Wildman–Crippen LogP) is 1.85. The summed E-state index contributed by atoms with van der Waals surface area (Å²) >= 11 is 1.59. The first-order valence-electron chi connectivity index (χ1n) is 5.58. The van der Waals surface area contributed by atoms with Gasteiger partial charge in [-0.15, -0.1) is 11.3 Å². The molecule has 0 saturated carbocycles. The molecule has 0 bridgehead atoms. The first-order valence-corrected chi connectivity index (χ1v) is 6.46. The topological polar surface area (TPSA) is 40.5 Å². The molecule has 0 unspecified atom stereocenters. The molecule has 3 nitrogen and oxygen atoms in total. The van der Waals surface area contributed by atoms with E-state index in [9.17, 15) is 4.79 Å². The molecule has 0 spiro atoms. The molecule has 0 saturated heterocycles. The van der Waals surface area contributed by atoms with Gasteiger partial charge in [0, 0.05) is 29.3 Å². The quantitative estimate of drug-likeness (QED) is 0.830. The third-order valence-corrected chi connectivity index (χ3v) is 3.17. The summed E-state index contributed by atoms with van der Waals surface area (Å²) in [6.45, 7) is 2.50. The summed E-state index contributed by atoms with van der Waals surface area (Å²) in [5.41, 5.74) is 0.899. The highest BCUT2D eigenvalue weighted by Gasteiger charge is 2.08. The molecule has 0 aliphatic heterocycles. The van der Waals surface area contributed by atoms with Crippen LogP contribution in [0.4, 0.5) is 0 Å². The van der Waals surface area contributed by atoms with E-state index in [1.54, 1.807) is 16.2 Å². The molecule has 0 aromatic carbocycles. The van der Waals surface area contributed by atoms with Crippen molar-refractivity contribution in [2.45, 2.75) is 26.3 Å². The molecule has 4 heteroatoms. The largest absolute Gasteiger partial charge is 0.384 e. The summed E-state index contributed by atoms with van der Waals surface area (Å²) in [6, 6.07) is 1.96. The van der Waals surface area contributed by atoms with Crippen LogP contribution in [0.3, 0.4) is 0 Å². The minimum atomic E-state index is -0.125. The van der Waals surface area contributed by atoms with Crippen molar-refractivity contribution in [2.24, 2.45) is 0 Å². The molecular formula is C13H17NO2S. The molecule has 1 aromatic heterocycles. The second-order valence-corrected chi connectivity index (χ2v) is 4.76. The third kappa shape index (κ3) is 4.59. The minimum Gasteiger partial charge on any atom is -0.384 e. The van der Waals surface area contributed by atoms with Crippen molar-refractivity contribution in [2.75, 3.05) is 13.7 Å². The molecule has 0 aliphatic rings. The van der Waals surface area contributed by atoms with Gasteiger partial charge in [-0.25, -0.2) is 0 Å². The van der Waals surface area contributed by atoms with Crippen LogP contribution < -0.4 is 0 Å². The van der Waals surface area contributed by atoms with Crippen LogP contribution in [0, 0.1) is 11.8 Å². The average molecular weight is 251 g/mol. The van der Waals surface area contributed by atoms with E-state index in [1.807, 2.05) is 25.4 Å². The van der Waals surface area contributed by atoms with Gasteiger partial charge in [0.2, 0.25) is 5.91 Å². The zero-order valence-electron chi connectivity index (χ0n) is 10.2. The molecule has 1 amide bonds. The Hall–Kier alpha value is -1.31. The molecule has 0 fully saturated rings. The van der Waals surface area contributed by atoms with Gasteiger partial charge in [-0.05, 0) is 12.5 Å². The van der Waals surface area contributed by atoms with Crippen molar-refractivity contribution in [1.82, 2.24) is 4.90 Å². The van der Waals surface area contributed by atoms with Crippen LogP contribution in [0.5, 0.6) is 0 Å². The normalized spacial score (nSPS) is 9.59. The number of hydrogen-bond acceptors (Lipinski definition) is 3. The van der Waals surface area contributed by atoms with Gasteiger partial charge in [0.1, 0.15) is 6.61 Å². The van der Waals surface area contributed by atoms with E-state index in [0.717, 1.165) is 16.9 Å². The fraction of sp³-hybridized carbons (Fsp3) is 0.462. The van der Waals surface area contributed by atoms with E-state index < -0.39 is 0 Å². The van der Waals surface area contributed by atoms with E-state index in [-0.39, 0.29) is 12.5 Å². The van der Waals surface area contributed by atoms with Gasteiger partial charge in [-0.3, -0.25) is 4.79 Å².